The molecule has 3 atom stereocenters. The van der Waals surface area contributed by atoms with Crippen molar-refractivity contribution in [1.29, 1.82) is 0 Å². The lowest BCUT2D eigenvalue weighted by molar-refractivity contribution is -0.127. The second-order valence-electron chi connectivity index (χ2n) is 6.87. The lowest BCUT2D eigenvalue weighted by Crippen LogP contribution is -2.45. The molecule has 7 nitrogen and oxygen atoms in total. The van der Waals surface area contributed by atoms with E-state index in [1.165, 1.54) is 0 Å². The topological polar surface area (TPSA) is 113 Å². The third kappa shape index (κ3) is 6.25. The number of carbonyl (C=O) groups excluding carboxylic acids is 1. The van der Waals surface area contributed by atoms with E-state index in [-0.39, 0.29) is 17.9 Å². The maximum absolute atomic E-state index is 12.2. The molecule has 25 heavy (non-hydrogen) atoms. The van der Waals surface area contributed by atoms with Gasteiger partial charge in [0.15, 0.2) is 0 Å². The molecule has 1 aliphatic carbocycles. The van der Waals surface area contributed by atoms with Crippen molar-refractivity contribution in [1.82, 2.24) is 15.3 Å². The van der Waals surface area contributed by atoms with Gasteiger partial charge in [-0.05, 0) is 32.6 Å². The third-order valence-electron chi connectivity index (χ3n) is 4.62. The fourth-order valence-electron chi connectivity index (χ4n) is 3.10. The number of aromatic nitrogens is 2. The summed E-state index contributed by atoms with van der Waals surface area (Å²) in [5.74, 6) is 1.51. The lowest BCUT2D eigenvalue weighted by atomic mass is 9.84. The predicted molar refractivity (Wildman–Crippen MR) is 98.2 cm³/mol. The Morgan fingerprint density at radius 1 is 1.36 bits per heavy atom. The summed E-state index contributed by atoms with van der Waals surface area (Å²) in [7, 11) is 0. The van der Waals surface area contributed by atoms with Gasteiger partial charge in [0.05, 0.1) is 6.10 Å². The molecule has 0 aromatic carbocycles. The molecule has 0 bridgehead atoms. The van der Waals surface area contributed by atoms with E-state index in [0.29, 0.717) is 25.9 Å². The van der Waals surface area contributed by atoms with Crippen molar-refractivity contribution in [2.45, 2.75) is 64.5 Å². The molecule has 0 spiro atoms. The zero-order chi connectivity index (χ0) is 18.2. The first-order valence-electron chi connectivity index (χ1n) is 9.29. The van der Waals surface area contributed by atoms with Gasteiger partial charge < -0.3 is 21.5 Å². The third-order valence-corrected chi connectivity index (χ3v) is 4.62. The van der Waals surface area contributed by atoms with Crippen LogP contribution in [0.2, 0.25) is 0 Å². The summed E-state index contributed by atoms with van der Waals surface area (Å²) in [6, 6.07) is 1.71. The number of aryl methyl sites for hydroxylation is 2. The first-order chi connectivity index (χ1) is 12.0. The van der Waals surface area contributed by atoms with Crippen molar-refractivity contribution in [2.75, 3.05) is 18.4 Å². The van der Waals surface area contributed by atoms with E-state index >= 15 is 0 Å². The summed E-state index contributed by atoms with van der Waals surface area (Å²) in [4.78, 5) is 21.1. The highest BCUT2D eigenvalue weighted by atomic mass is 16.3. The Kier molecular flexibility index (Phi) is 7.58. The summed E-state index contributed by atoms with van der Waals surface area (Å²) in [5, 5.41) is 16.0. The molecular formula is C18H31N5O2. The Morgan fingerprint density at radius 3 is 2.88 bits per heavy atom. The smallest absolute Gasteiger partial charge is 0.223 e. The summed E-state index contributed by atoms with van der Waals surface area (Å²) >= 11 is 0. The molecule has 1 aromatic rings. The van der Waals surface area contributed by atoms with Gasteiger partial charge >= 0.3 is 0 Å². The molecule has 0 aliphatic heterocycles. The maximum Gasteiger partial charge on any atom is 0.223 e. The first kappa shape index (κ1) is 19.6. The van der Waals surface area contributed by atoms with Gasteiger partial charge in [0, 0.05) is 43.2 Å². The van der Waals surface area contributed by atoms with E-state index < -0.39 is 6.10 Å². The Bertz CT molecular complexity index is 566. The van der Waals surface area contributed by atoms with Crippen LogP contribution < -0.4 is 16.4 Å². The number of nitrogens with zero attached hydrogens (tertiary/aromatic N) is 2. The molecule has 1 heterocycles. The van der Waals surface area contributed by atoms with Crippen LogP contribution in [0, 0.1) is 12.8 Å². The number of aliphatic hydroxyl groups is 1. The second kappa shape index (κ2) is 9.68. The number of nitrogens with two attached hydrogens (primary N) is 1. The largest absolute Gasteiger partial charge is 0.391 e. The number of carbonyl (C=O) groups is 1. The molecular weight excluding hydrogens is 318 g/mol. The SMILES string of the molecule is CCCCc1nc(C)cc(NCCNC(=O)[C@H]2CC[C@@H](N)[C@H](O)C2)n1. The van der Waals surface area contributed by atoms with Crippen molar-refractivity contribution < 1.29 is 9.90 Å². The van der Waals surface area contributed by atoms with Crippen LogP contribution in [-0.4, -0.2) is 46.2 Å². The highest BCUT2D eigenvalue weighted by Gasteiger charge is 2.30. The average molecular weight is 349 g/mol. The Labute approximate surface area is 149 Å². The molecule has 1 aliphatic rings. The van der Waals surface area contributed by atoms with E-state index in [9.17, 15) is 9.90 Å². The van der Waals surface area contributed by atoms with Crippen LogP contribution >= 0.6 is 0 Å². The van der Waals surface area contributed by atoms with Gasteiger partial charge in [-0.25, -0.2) is 9.97 Å². The zero-order valence-corrected chi connectivity index (χ0v) is 15.3. The van der Waals surface area contributed by atoms with Gasteiger partial charge in [-0.15, -0.1) is 0 Å². The van der Waals surface area contributed by atoms with Crippen molar-refractivity contribution >= 4 is 11.7 Å². The lowest BCUT2D eigenvalue weighted by Gasteiger charge is -2.29. The van der Waals surface area contributed by atoms with Gasteiger partial charge in [-0.2, -0.15) is 0 Å². The summed E-state index contributed by atoms with van der Waals surface area (Å²) in [6.07, 6.45) is 4.39. The summed E-state index contributed by atoms with van der Waals surface area (Å²) < 4.78 is 0. The number of anilines is 1. The van der Waals surface area contributed by atoms with Crippen LogP contribution in [0.1, 0.15) is 50.5 Å². The van der Waals surface area contributed by atoms with Gasteiger partial charge in [-0.1, -0.05) is 13.3 Å². The number of hydrogen-bond acceptors (Lipinski definition) is 6. The minimum Gasteiger partial charge on any atom is -0.391 e. The van der Waals surface area contributed by atoms with Crippen molar-refractivity contribution in [3.63, 3.8) is 0 Å². The molecule has 2 rings (SSSR count). The van der Waals surface area contributed by atoms with Crippen molar-refractivity contribution in [3.8, 4) is 0 Å². The molecule has 0 radical (unpaired) electrons. The quantitative estimate of drug-likeness (QED) is 0.524. The maximum atomic E-state index is 12.2. The molecule has 1 aromatic heterocycles. The summed E-state index contributed by atoms with van der Waals surface area (Å²) in [6.45, 7) is 5.23. The fourth-order valence-corrected chi connectivity index (χ4v) is 3.10. The predicted octanol–water partition coefficient (Wildman–Crippen LogP) is 1.14. The Morgan fingerprint density at radius 2 is 2.16 bits per heavy atom. The van der Waals surface area contributed by atoms with E-state index in [0.717, 1.165) is 43.0 Å². The Balaban J connectivity index is 1.73. The van der Waals surface area contributed by atoms with E-state index in [1.54, 1.807) is 0 Å². The van der Waals surface area contributed by atoms with E-state index in [4.69, 9.17) is 5.73 Å². The van der Waals surface area contributed by atoms with Crippen molar-refractivity contribution in [2.24, 2.45) is 11.7 Å². The van der Waals surface area contributed by atoms with E-state index in [1.807, 2.05) is 13.0 Å². The highest BCUT2D eigenvalue weighted by Crippen LogP contribution is 2.23. The van der Waals surface area contributed by atoms with Crippen LogP contribution in [0.25, 0.3) is 0 Å². The number of hydrogen-bond donors (Lipinski definition) is 4. The van der Waals surface area contributed by atoms with Crippen LogP contribution in [0.3, 0.4) is 0 Å². The number of amides is 1. The molecule has 0 saturated heterocycles. The van der Waals surface area contributed by atoms with Gasteiger partial charge in [-0.3, -0.25) is 4.79 Å². The number of aliphatic hydroxyl groups excluding tert-OH is 1. The minimum atomic E-state index is -0.576. The first-order valence-corrected chi connectivity index (χ1v) is 9.29. The molecule has 140 valence electrons. The Hall–Kier alpha value is -1.73. The zero-order valence-electron chi connectivity index (χ0n) is 15.3. The monoisotopic (exact) mass is 349 g/mol. The molecule has 1 saturated carbocycles. The van der Waals surface area contributed by atoms with Crippen LogP contribution in [0.4, 0.5) is 5.82 Å². The number of rotatable bonds is 8. The van der Waals surface area contributed by atoms with E-state index in [2.05, 4.69) is 27.5 Å². The molecule has 1 amide bonds. The van der Waals surface area contributed by atoms with Gasteiger partial charge in [0.25, 0.3) is 0 Å². The fraction of sp³-hybridized carbons (Fsp3) is 0.722. The number of nitrogens with one attached hydrogen (secondary N) is 2. The van der Waals surface area contributed by atoms with Crippen LogP contribution in [-0.2, 0) is 11.2 Å². The summed E-state index contributed by atoms with van der Waals surface area (Å²) in [5.41, 5.74) is 6.72. The highest BCUT2D eigenvalue weighted by molar-refractivity contribution is 5.78. The standard InChI is InChI=1S/C18H31N5O2/c1-3-4-5-16-22-12(2)10-17(23-16)20-8-9-21-18(25)13-6-7-14(19)15(24)11-13/h10,13-15,24H,3-9,11,19H2,1-2H3,(H,21,25)(H,20,22,23)/t13-,14+,15+/m0/s1. The minimum absolute atomic E-state index is 0.00440. The number of unbranched alkanes of at least 4 members (excludes halogenated alkanes) is 1. The molecule has 7 heteroatoms. The molecule has 0 unspecified atom stereocenters. The average Bonchev–Trinajstić information content (AvgIpc) is 2.58. The van der Waals surface area contributed by atoms with Crippen LogP contribution in [0.15, 0.2) is 6.07 Å². The molecule has 5 N–H and O–H groups in total. The van der Waals surface area contributed by atoms with Crippen LogP contribution in [0.5, 0.6) is 0 Å². The van der Waals surface area contributed by atoms with Crippen molar-refractivity contribution in [3.05, 3.63) is 17.6 Å². The second-order valence-corrected chi connectivity index (χ2v) is 6.87. The molecule has 1 fully saturated rings. The normalized spacial score (nSPS) is 23.3. The van der Waals surface area contributed by atoms with Gasteiger partial charge in [0.2, 0.25) is 5.91 Å². The van der Waals surface area contributed by atoms with Gasteiger partial charge in [0.1, 0.15) is 11.6 Å².